The van der Waals surface area contributed by atoms with Gasteiger partial charge in [0.1, 0.15) is 0 Å². The highest BCUT2D eigenvalue weighted by molar-refractivity contribution is 4.78. The number of hydrogen-bond donors (Lipinski definition) is 1. The second-order valence-corrected chi connectivity index (χ2v) is 5.05. The van der Waals surface area contributed by atoms with Crippen LogP contribution in [0.25, 0.3) is 0 Å². The van der Waals surface area contributed by atoms with Crippen molar-refractivity contribution in [2.75, 3.05) is 13.1 Å². The molecule has 0 aliphatic rings. The first kappa shape index (κ1) is 14.9. The zero-order chi connectivity index (χ0) is 11.9. The smallest absolute Gasteiger partial charge is 0.0779 e. The maximum Gasteiger partial charge on any atom is 0.0779 e. The Labute approximate surface area is 95.8 Å². The molecular formula is C13H29NO. The van der Waals surface area contributed by atoms with Crippen LogP contribution < -0.4 is 5.32 Å². The van der Waals surface area contributed by atoms with E-state index >= 15 is 0 Å². The first-order valence-electron chi connectivity index (χ1n) is 6.33. The third kappa shape index (κ3) is 6.16. The van der Waals surface area contributed by atoms with E-state index in [0.717, 1.165) is 19.5 Å². The Balaban J connectivity index is 4.05. The van der Waals surface area contributed by atoms with Gasteiger partial charge in [-0.3, -0.25) is 0 Å². The fraction of sp³-hybridized carbons (Fsp3) is 1.00. The summed E-state index contributed by atoms with van der Waals surface area (Å²) >= 11 is 0. The van der Waals surface area contributed by atoms with Crippen molar-refractivity contribution < 1.29 is 4.74 Å². The average Bonchev–Trinajstić information content (AvgIpc) is 2.18. The van der Waals surface area contributed by atoms with Crippen LogP contribution in [0.4, 0.5) is 0 Å². The minimum Gasteiger partial charge on any atom is -0.371 e. The van der Waals surface area contributed by atoms with Gasteiger partial charge in [-0.25, -0.2) is 0 Å². The summed E-state index contributed by atoms with van der Waals surface area (Å²) in [7, 11) is 0. The molecule has 92 valence electrons. The molecular weight excluding hydrogens is 186 g/mol. The van der Waals surface area contributed by atoms with Crippen LogP contribution in [0.5, 0.6) is 0 Å². The summed E-state index contributed by atoms with van der Waals surface area (Å²) in [5.74, 6) is 0.585. The summed E-state index contributed by atoms with van der Waals surface area (Å²) < 4.78 is 6.13. The Morgan fingerprint density at radius 2 is 1.80 bits per heavy atom. The average molecular weight is 215 g/mol. The van der Waals surface area contributed by atoms with Gasteiger partial charge in [0.05, 0.1) is 11.7 Å². The molecule has 1 N–H and O–H groups in total. The van der Waals surface area contributed by atoms with E-state index in [1.807, 2.05) is 0 Å². The number of hydrogen-bond acceptors (Lipinski definition) is 2. The van der Waals surface area contributed by atoms with Crippen LogP contribution in [0, 0.1) is 5.92 Å². The lowest BCUT2D eigenvalue weighted by atomic mass is 10.0. The quantitative estimate of drug-likeness (QED) is 0.628. The molecule has 15 heavy (non-hydrogen) atoms. The zero-order valence-electron chi connectivity index (χ0n) is 11.4. The molecule has 0 aromatic heterocycles. The molecule has 0 heterocycles. The maximum atomic E-state index is 6.13. The minimum absolute atomic E-state index is 0.0150. The third-order valence-corrected chi connectivity index (χ3v) is 3.08. The van der Waals surface area contributed by atoms with Crippen molar-refractivity contribution in [3.63, 3.8) is 0 Å². The highest BCUT2D eigenvalue weighted by Gasteiger charge is 2.25. The third-order valence-electron chi connectivity index (χ3n) is 3.08. The Kier molecular flexibility index (Phi) is 7.20. The van der Waals surface area contributed by atoms with Gasteiger partial charge < -0.3 is 10.1 Å². The largest absolute Gasteiger partial charge is 0.371 e. The van der Waals surface area contributed by atoms with Crippen molar-refractivity contribution in [2.24, 2.45) is 5.92 Å². The summed E-state index contributed by atoms with van der Waals surface area (Å²) in [6.45, 7) is 15.2. The molecule has 0 rings (SSSR count). The van der Waals surface area contributed by atoms with Gasteiger partial charge in [0, 0.05) is 6.54 Å². The lowest BCUT2D eigenvalue weighted by Crippen LogP contribution is -2.43. The first-order valence-corrected chi connectivity index (χ1v) is 6.33. The van der Waals surface area contributed by atoms with E-state index in [-0.39, 0.29) is 5.60 Å². The molecule has 2 nitrogen and oxygen atoms in total. The van der Waals surface area contributed by atoms with Crippen LogP contribution in [-0.2, 0) is 4.74 Å². The number of rotatable bonds is 8. The van der Waals surface area contributed by atoms with E-state index in [4.69, 9.17) is 4.74 Å². The summed E-state index contributed by atoms with van der Waals surface area (Å²) in [6, 6.07) is 0. The summed E-state index contributed by atoms with van der Waals surface area (Å²) in [6.07, 6.45) is 2.57. The van der Waals surface area contributed by atoms with Gasteiger partial charge in [0.25, 0.3) is 0 Å². The van der Waals surface area contributed by atoms with Crippen LogP contribution in [0.15, 0.2) is 0 Å². The van der Waals surface area contributed by atoms with E-state index in [1.165, 1.54) is 6.42 Å². The molecule has 2 atom stereocenters. The predicted octanol–water partition coefficient (Wildman–Crippen LogP) is 3.22. The molecule has 2 heteroatoms. The fourth-order valence-electron chi connectivity index (χ4n) is 1.36. The van der Waals surface area contributed by atoms with Crippen molar-refractivity contribution in [2.45, 2.75) is 66.1 Å². The van der Waals surface area contributed by atoms with E-state index in [1.54, 1.807) is 0 Å². The Bertz CT molecular complexity index is 159. The highest BCUT2D eigenvalue weighted by Crippen LogP contribution is 2.20. The van der Waals surface area contributed by atoms with Crippen molar-refractivity contribution in [1.29, 1.82) is 0 Å². The SMILES string of the molecule is CCCNCC(C)(CC)OC(C)C(C)C. The molecule has 0 radical (unpaired) electrons. The summed E-state index contributed by atoms with van der Waals surface area (Å²) in [5.41, 5.74) is -0.0150. The molecule has 0 saturated carbocycles. The molecule has 0 bridgehead atoms. The zero-order valence-corrected chi connectivity index (χ0v) is 11.4. The van der Waals surface area contributed by atoms with E-state index < -0.39 is 0 Å². The van der Waals surface area contributed by atoms with Gasteiger partial charge in [-0.2, -0.15) is 0 Å². The molecule has 0 aromatic rings. The van der Waals surface area contributed by atoms with Crippen LogP contribution >= 0.6 is 0 Å². The van der Waals surface area contributed by atoms with Crippen molar-refractivity contribution >= 4 is 0 Å². The topological polar surface area (TPSA) is 21.3 Å². The molecule has 2 unspecified atom stereocenters. The molecule has 0 fully saturated rings. The molecule has 0 aliphatic carbocycles. The van der Waals surface area contributed by atoms with Gasteiger partial charge in [0.15, 0.2) is 0 Å². The Hall–Kier alpha value is -0.0800. The Morgan fingerprint density at radius 1 is 1.20 bits per heavy atom. The number of nitrogens with one attached hydrogen (secondary N) is 1. The van der Waals surface area contributed by atoms with Crippen LogP contribution in [0.1, 0.15) is 54.4 Å². The van der Waals surface area contributed by atoms with Crippen LogP contribution in [-0.4, -0.2) is 24.8 Å². The Morgan fingerprint density at radius 3 is 2.20 bits per heavy atom. The van der Waals surface area contributed by atoms with Gasteiger partial charge in [-0.1, -0.05) is 27.7 Å². The number of ether oxygens (including phenoxy) is 1. The van der Waals surface area contributed by atoms with Crippen molar-refractivity contribution in [3.05, 3.63) is 0 Å². The lowest BCUT2D eigenvalue weighted by Gasteiger charge is -2.34. The lowest BCUT2D eigenvalue weighted by molar-refractivity contribution is -0.0923. The summed E-state index contributed by atoms with van der Waals surface area (Å²) in [4.78, 5) is 0. The molecule has 0 spiro atoms. The molecule has 0 amide bonds. The van der Waals surface area contributed by atoms with Gasteiger partial charge >= 0.3 is 0 Å². The first-order chi connectivity index (χ1) is 6.95. The maximum absolute atomic E-state index is 6.13. The fourth-order valence-corrected chi connectivity index (χ4v) is 1.36. The van der Waals surface area contributed by atoms with Gasteiger partial charge in [-0.15, -0.1) is 0 Å². The van der Waals surface area contributed by atoms with Crippen LogP contribution in [0.3, 0.4) is 0 Å². The second kappa shape index (κ2) is 7.24. The molecule has 0 aromatic carbocycles. The minimum atomic E-state index is -0.0150. The standard InChI is InChI=1S/C13H29NO/c1-7-9-14-10-13(6,8-2)15-12(5)11(3)4/h11-12,14H,7-10H2,1-6H3. The summed E-state index contributed by atoms with van der Waals surface area (Å²) in [5, 5.41) is 3.45. The normalized spacial score (nSPS) is 17.8. The predicted molar refractivity (Wildman–Crippen MR) is 67.2 cm³/mol. The van der Waals surface area contributed by atoms with E-state index in [9.17, 15) is 0 Å². The van der Waals surface area contributed by atoms with E-state index in [0.29, 0.717) is 12.0 Å². The molecule has 0 aliphatic heterocycles. The van der Waals surface area contributed by atoms with Gasteiger partial charge in [-0.05, 0) is 39.2 Å². The van der Waals surface area contributed by atoms with Gasteiger partial charge in [0.2, 0.25) is 0 Å². The van der Waals surface area contributed by atoms with Crippen molar-refractivity contribution in [1.82, 2.24) is 5.32 Å². The van der Waals surface area contributed by atoms with Crippen LogP contribution in [0.2, 0.25) is 0 Å². The highest BCUT2D eigenvalue weighted by atomic mass is 16.5. The monoisotopic (exact) mass is 215 g/mol. The second-order valence-electron chi connectivity index (χ2n) is 5.05. The molecule has 0 saturated heterocycles. The van der Waals surface area contributed by atoms with Crippen molar-refractivity contribution in [3.8, 4) is 0 Å². The van der Waals surface area contributed by atoms with E-state index in [2.05, 4.69) is 46.9 Å².